The Bertz CT molecular complexity index is 3610. The van der Waals surface area contributed by atoms with Crippen molar-refractivity contribution < 1.29 is 0 Å². The van der Waals surface area contributed by atoms with E-state index in [1.54, 1.807) is 0 Å². The SMILES string of the molecule is Cc1cc(C#N)ccc1-c1ccc(-n2c3ccccc3c3cc(-c4ccccc4)ccc32)c(-c2ccc(C#N)cc2-n2c3ccccc3c3cc(-c4ccccc4)ccc32)c1. The minimum atomic E-state index is 0.580. The van der Waals surface area contributed by atoms with Crippen molar-refractivity contribution in [3.63, 3.8) is 0 Å². The smallest absolute Gasteiger partial charge is 0.0992 e. The molecule has 0 N–H and O–H groups in total. The van der Waals surface area contributed by atoms with Crippen LogP contribution in [0.25, 0.3) is 99.5 Å². The van der Waals surface area contributed by atoms with Gasteiger partial charge in [0.25, 0.3) is 0 Å². The molecule has 11 rings (SSSR count). The lowest BCUT2D eigenvalue weighted by atomic mass is 9.92. The molecule has 9 aromatic carbocycles. The van der Waals surface area contributed by atoms with Gasteiger partial charge in [0.2, 0.25) is 0 Å². The first-order valence-electron chi connectivity index (χ1n) is 20.5. The highest BCUT2D eigenvalue weighted by Crippen LogP contribution is 2.44. The van der Waals surface area contributed by atoms with E-state index in [0.717, 1.165) is 83.2 Å². The maximum Gasteiger partial charge on any atom is 0.0992 e. The number of rotatable bonds is 6. The number of hydrogen-bond donors (Lipinski definition) is 0. The number of aromatic nitrogens is 2. The average molecular weight is 777 g/mol. The molecule has 0 aliphatic rings. The van der Waals surface area contributed by atoms with E-state index in [-0.39, 0.29) is 0 Å². The van der Waals surface area contributed by atoms with E-state index in [4.69, 9.17) is 0 Å². The molecule has 0 amide bonds. The van der Waals surface area contributed by atoms with Crippen molar-refractivity contribution in [3.05, 3.63) is 217 Å². The summed E-state index contributed by atoms with van der Waals surface area (Å²) in [6.45, 7) is 2.07. The maximum absolute atomic E-state index is 10.4. The van der Waals surface area contributed by atoms with Crippen LogP contribution < -0.4 is 0 Å². The van der Waals surface area contributed by atoms with Gasteiger partial charge in [0.05, 0.1) is 56.7 Å². The molecule has 0 saturated carbocycles. The van der Waals surface area contributed by atoms with Crippen LogP contribution in [0, 0.1) is 29.6 Å². The summed E-state index contributed by atoms with van der Waals surface area (Å²) in [5, 5.41) is 24.8. The van der Waals surface area contributed by atoms with Crippen molar-refractivity contribution in [2.24, 2.45) is 0 Å². The first-order valence-corrected chi connectivity index (χ1v) is 20.5. The molecule has 11 aromatic rings. The predicted molar refractivity (Wildman–Crippen MR) is 251 cm³/mol. The van der Waals surface area contributed by atoms with Gasteiger partial charge in [0.1, 0.15) is 0 Å². The van der Waals surface area contributed by atoms with Crippen molar-refractivity contribution in [2.45, 2.75) is 6.92 Å². The second kappa shape index (κ2) is 14.4. The van der Waals surface area contributed by atoms with Gasteiger partial charge in [-0.2, -0.15) is 10.5 Å². The van der Waals surface area contributed by atoms with Crippen LogP contribution in [0.5, 0.6) is 0 Å². The van der Waals surface area contributed by atoms with Crippen LogP contribution >= 0.6 is 0 Å². The summed E-state index contributed by atoms with van der Waals surface area (Å²) in [4.78, 5) is 0. The molecule has 0 aliphatic heterocycles. The van der Waals surface area contributed by atoms with Crippen molar-refractivity contribution in [1.29, 1.82) is 10.5 Å². The zero-order chi connectivity index (χ0) is 41.0. The Kier molecular flexibility index (Phi) is 8.45. The van der Waals surface area contributed by atoms with E-state index in [1.165, 1.54) is 21.9 Å². The highest BCUT2D eigenvalue weighted by Gasteiger charge is 2.22. The van der Waals surface area contributed by atoms with Gasteiger partial charge in [-0.3, -0.25) is 0 Å². The van der Waals surface area contributed by atoms with Gasteiger partial charge in [-0.15, -0.1) is 0 Å². The predicted octanol–water partition coefficient (Wildman–Crippen LogP) is 14.6. The number of fused-ring (bicyclic) bond motifs is 6. The number of nitrogens with zero attached hydrogens (tertiary/aromatic N) is 4. The molecule has 0 atom stereocenters. The highest BCUT2D eigenvalue weighted by atomic mass is 15.0. The van der Waals surface area contributed by atoms with Crippen molar-refractivity contribution >= 4 is 43.6 Å². The van der Waals surface area contributed by atoms with Gasteiger partial charge in [-0.25, -0.2) is 0 Å². The summed E-state index contributed by atoms with van der Waals surface area (Å²) in [5.74, 6) is 0. The van der Waals surface area contributed by atoms with Gasteiger partial charge in [-0.1, -0.05) is 127 Å². The molecule has 0 bridgehead atoms. The van der Waals surface area contributed by atoms with E-state index >= 15 is 0 Å². The monoisotopic (exact) mass is 776 g/mol. The van der Waals surface area contributed by atoms with Crippen LogP contribution in [0.15, 0.2) is 200 Å². The lowest BCUT2D eigenvalue weighted by Gasteiger charge is -2.20. The Morgan fingerprint density at radius 2 is 0.803 bits per heavy atom. The Hall–Kier alpha value is -8.44. The third kappa shape index (κ3) is 5.90. The summed E-state index contributed by atoms with van der Waals surface area (Å²) in [6, 6.07) is 75.2. The lowest BCUT2D eigenvalue weighted by molar-refractivity contribution is 1.16. The fourth-order valence-corrected chi connectivity index (χ4v) is 9.27. The summed E-state index contributed by atoms with van der Waals surface area (Å²) < 4.78 is 4.72. The van der Waals surface area contributed by atoms with E-state index in [9.17, 15) is 10.5 Å². The van der Waals surface area contributed by atoms with Crippen LogP contribution in [0.4, 0.5) is 0 Å². The molecule has 284 valence electrons. The molecule has 4 nitrogen and oxygen atoms in total. The molecular weight excluding hydrogens is 741 g/mol. The second-order valence-corrected chi connectivity index (χ2v) is 15.6. The second-order valence-electron chi connectivity index (χ2n) is 15.6. The van der Waals surface area contributed by atoms with Crippen molar-refractivity contribution in [3.8, 4) is 68.0 Å². The molecule has 61 heavy (non-hydrogen) atoms. The highest BCUT2D eigenvalue weighted by molar-refractivity contribution is 6.13. The van der Waals surface area contributed by atoms with Crippen molar-refractivity contribution in [1.82, 2.24) is 9.13 Å². The molecule has 0 unspecified atom stereocenters. The van der Waals surface area contributed by atoms with Gasteiger partial charge in [-0.05, 0) is 119 Å². The number of para-hydroxylation sites is 2. The summed E-state index contributed by atoms with van der Waals surface area (Å²) in [6.07, 6.45) is 0. The summed E-state index contributed by atoms with van der Waals surface area (Å²) in [5.41, 5.74) is 17.3. The topological polar surface area (TPSA) is 57.4 Å². The molecule has 2 heterocycles. The maximum atomic E-state index is 10.4. The van der Waals surface area contributed by atoms with Gasteiger partial charge < -0.3 is 9.13 Å². The largest absolute Gasteiger partial charge is 0.309 e. The van der Waals surface area contributed by atoms with Gasteiger partial charge in [0.15, 0.2) is 0 Å². The molecule has 0 radical (unpaired) electrons. The van der Waals surface area contributed by atoms with Crippen LogP contribution in [0.2, 0.25) is 0 Å². The van der Waals surface area contributed by atoms with Crippen LogP contribution in [0.1, 0.15) is 16.7 Å². The number of benzene rings is 9. The normalized spacial score (nSPS) is 11.3. The molecular formula is C57H36N4. The summed E-state index contributed by atoms with van der Waals surface area (Å²) >= 11 is 0. The quantitative estimate of drug-likeness (QED) is 0.169. The molecule has 0 saturated heterocycles. The zero-order valence-electron chi connectivity index (χ0n) is 33.3. The van der Waals surface area contributed by atoms with E-state index in [1.807, 2.05) is 30.3 Å². The standard InChI is InChI=1S/C57H36N4/c1-37-30-38(35-58)20-25-45(37)44-24-29-55(60-52-18-10-8-16-46(52)49-32-42(22-27-54(49)60)40-12-4-2-5-13-40)51(34-44)48-26-21-39(36-59)31-57(48)61-53-19-11-9-17-47(53)50-33-43(23-28-56(50)61)41-14-6-3-7-15-41/h2-34H,1H3. The molecule has 0 aliphatic carbocycles. The Balaban J connectivity index is 1.22. The third-order valence-electron chi connectivity index (χ3n) is 12.1. The van der Waals surface area contributed by atoms with E-state index in [0.29, 0.717) is 11.1 Å². The number of nitriles is 2. The molecule has 4 heteroatoms. The fourth-order valence-electron chi connectivity index (χ4n) is 9.27. The van der Waals surface area contributed by atoms with Gasteiger partial charge in [0, 0.05) is 32.7 Å². The fraction of sp³-hybridized carbons (Fsp3) is 0.0175. The molecule has 0 spiro atoms. The van der Waals surface area contributed by atoms with Crippen LogP contribution in [-0.2, 0) is 0 Å². The first-order chi connectivity index (χ1) is 30.1. The van der Waals surface area contributed by atoms with Crippen LogP contribution in [-0.4, -0.2) is 9.13 Å². The number of hydrogen-bond acceptors (Lipinski definition) is 2. The Labute approximate surface area is 353 Å². The number of aryl methyl sites for hydroxylation is 1. The molecule has 2 aromatic heterocycles. The van der Waals surface area contributed by atoms with E-state index in [2.05, 4.69) is 198 Å². The van der Waals surface area contributed by atoms with Crippen LogP contribution in [0.3, 0.4) is 0 Å². The Morgan fingerprint density at radius 3 is 1.36 bits per heavy atom. The third-order valence-corrected chi connectivity index (χ3v) is 12.1. The minimum absolute atomic E-state index is 0.580. The average Bonchev–Trinajstić information content (AvgIpc) is 3.83. The lowest BCUT2D eigenvalue weighted by Crippen LogP contribution is -2.03. The first kappa shape index (κ1) is 35.7. The summed E-state index contributed by atoms with van der Waals surface area (Å²) in [7, 11) is 0. The van der Waals surface area contributed by atoms with E-state index < -0.39 is 0 Å². The molecule has 0 fully saturated rings. The zero-order valence-corrected chi connectivity index (χ0v) is 33.3. The van der Waals surface area contributed by atoms with Crippen molar-refractivity contribution in [2.75, 3.05) is 0 Å². The minimum Gasteiger partial charge on any atom is -0.309 e. The van der Waals surface area contributed by atoms with Gasteiger partial charge >= 0.3 is 0 Å². The Morgan fingerprint density at radius 1 is 0.328 bits per heavy atom.